The van der Waals surface area contributed by atoms with Gasteiger partial charge in [-0.1, -0.05) is 45.7 Å². The van der Waals surface area contributed by atoms with Crippen LogP contribution in [0.15, 0.2) is 6.20 Å². The van der Waals surface area contributed by atoms with Crippen LogP contribution in [-0.2, 0) is 6.54 Å². The number of hydrogen-bond acceptors (Lipinski definition) is 2. The van der Waals surface area contributed by atoms with Crippen LogP contribution < -0.4 is 5.32 Å². The lowest BCUT2D eigenvalue weighted by atomic mass is 9.94. The average Bonchev–Trinajstić information content (AvgIpc) is 2.73. The second-order valence-corrected chi connectivity index (χ2v) is 5.71. The summed E-state index contributed by atoms with van der Waals surface area (Å²) < 4.78 is 2.07. The molecule has 0 saturated heterocycles. The van der Waals surface area contributed by atoms with Gasteiger partial charge in [0.2, 0.25) is 0 Å². The van der Waals surface area contributed by atoms with Crippen molar-refractivity contribution in [1.82, 2.24) is 15.1 Å². The Morgan fingerprint density at radius 1 is 1.26 bits per heavy atom. The van der Waals surface area contributed by atoms with E-state index in [0.717, 1.165) is 36.6 Å². The fourth-order valence-corrected chi connectivity index (χ4v) is 2.82. The van der Waals surface area contributed by atoms with Crippen molar-refractivity contribution in [3.05, 3.63) is 16.9 Å². The van der Waals surface area contributed by atoms with Crippen molar-refractivity contribution in [3.8, 4) is 0 Å². The highest BCUT2D eigenvalue weighted by atomic mass is 35.5. The van der Waals surface area contributed by atoms with Gasteiger partial charge in [-0.2, -0.15) is 5.10 Å². The van der Waals surface area contributed by atoms with Crippen molar-refractivity contribution in [3.63, 3.8) is 0 Å². The van der Waals surface area contributed by atoms with Gasteiger partial charge in [-0.15, -0.1) is 0 Å². The minimum atomic E-state index is 0.307. The molecule has 0 aromatic carbocycles. The van der Waals surface area contributed by atoms with Crippen LogP contribution in [0.5, 0.6) is 0 Å². The smallest absolute Gasteiger partial charge is 0.0834 e. The molecule has 0 amide bonds. The minimum absolute atomic E-state index is 0.307. The van der Waals surface area contributed by atoms with E-state index in [2.05, 4.69) is 42.8 Å². The Hall–Kier alpha value is -0.540. The molecule has 1 aromatic heterocycles. The second-order valence-electron chi connectivity index (χ2n) is 5.30. The van der Waals surface area contributed by atoms with Gasteiger partial charge in [0, 0.05) is 6.54 Å². The van der Waals surface area contributed by atoms with Crippen molar-refractivity contribution in [2.45, 2.75) is 66.0 Å². The van der Waals surface area contributed by atoms with Gasteiger partial charge in [0.1, 0.15) is 0 Å². The summed E-state index contributed by atoms with van der Waals surface area (Å²) in [6.45, 7) is 10.9. The van der Waals surface area contributed by atoms with Crippen LogP contribution in [0.2, 0.25) is 5.02 Å². The van der Waals surface area contributed by atoms with E-state index in [1.54, 1.807) is 6.20 Å². The van der Waals surface area contributed by atoms with E-state index in [1.165, 1.54) is 12.8 Å². The molecule has 3 nitrogen and oxygen atoms in total. The Kier molecular flexibility index (Phi) is 7.47. The summed E-state index contributed by atoms with van der Waals surface area (Å²) in [7, 11) is 0. The van der Waals surface area contributed by atoms with Crippen LogP contribution in [0.4, 0.5) is 0 Å². The molecule has 1 N–H and O–H groups in total. The first-order chi connectivity index (χ1) is 9.15. The summed E-state index contributed by atoms with van der Waals surface area (Å²) >= 11 is 6.38. The molecule has 110 valence electrons. The van der Waals surface area contributed by atoms with E-state index in [-0.39, 0.29) is 0 Å². The lowest BCUT2D eigenvalue weighted by molar-refractivity contribution is 0.341. The number of nitrogens with zero attached hydrogens (tertiary/aromatic N) is 2. The predicted molar refractivity (Wildman–Crippen MR) is 82.6 cm³/mol. The Balaban J connectivity index is 2.97. The zero-order valence-corrected chi connectivity index (χ0v) is 13.5. The highest BCUT2D eigenvalue weighted by Crippen LogP contribution is 2.30. The van der Waals surface area contributed by atoms with Crippen LogP contribution in [0, 0.1) is 5.92 Å². The number of aryl methyl sites for hydroxylation is 1. The first-order valence-electron chi connectivity index (χ1n) is 7.60. The largest absolute Gasteiger partial charge is 0.308 e. The molecule has 0 aliphatic carbocycles. The molecule has 4 heteroatoms. The maximum atomic E-state index is 6.38. The first-order valence-corrected chi connectivity index (χ1v) is 7.97. The molecule has 0 bridgehead atoms. The van der Waals surface area contributed by atoms with Gasteiger partial charge in [-0.25, -0.2) is 0 Å². The maximum Gasteiger partial charge on any atom is 0.0834 e. The molecule has 0 aliphatic heterocycles. The summed E-state index contributed by atoms with van der Waals surface area (Å²) in [4.78, 5) is 0. The Labute approximate surface area is 122 Å². The summed E-state index contributed by atoms with van der Waals surface area (Å²) in [6, 6.07) is 0.307. The van der Waals surface area contributed by atoms with Gasteiger partial charge in [-0.05, 0) is 31.7 Å². The molecule has 1 aromatic rings. The molecule has 0 saturated carbocycles. The van der Waals surface area contributed by atoms with E-state index in [0.29, 0.717) is 12.0 Å². The van der Waals surface area contributed by atoms with Crippen molar-refractivity contribution in [2.75, 3.05) is 6.54 Å². The van der Waals surface area contributed by atoms with Crippen molar-refractivity contribution in [1.29, 1.82) is 0 Å². The SMILES string of the molecule is CCCNC(c1c(Cl)cnn1CCC)C(C)CCC. The Morgan fingerprint density at radius 3 is 2.58 bits per heavy atom. The van der Waals surface area contributed by atoms with Crippen LogP contribution in [-0.4, -0.2) is 16.3 Å². The first kappa shape index (κ1) is 16.5. The molecule has 19 heavy (non-hydrogen) atoms. The Morgan fingerprint density at radius 2 is 2.00 bits per heavy atom. The fourth-order valence-electron chi connectivity index (χ4n) is 2.56. The topological polar surface area (TPSA) is 29.9 Å². The van der Waals surface area contributed by atoms with Crippen molar-refractivity contribution in [2.24, 2.45) is 5.92 Å². The molecule has 2 atom stereocenters. The molecular weight excluding hydrogens is 258 g/mol. The lowest BCUT2D eigenvalue weighted by Gasteiger charge is -2.26. The minimum Gasteiger partial charge on any atom is -0.308 e. The number of hydrogen-bond donors (Lipinski definition) is 1. The molecule has 2 unspecified atom stereocenters. The van der Waals surface area contributed by atoms with Gasteiger partial charge < -0.3 is 5.32 Å². The average molecular weight is 286 g/mol. The summed E-state index contributed by atoms with van der Waals surface area (Å²) in [5, 5.41) is 8.87. The zero-order chi connectivity index (χ0) is 14.3. The Bertz CT molecular complexity index is 362. The monoisotopic (exact) mass is 285 g/mol. The number of aromatic nitrogens is 2. The highest BCUT2D eigenvalue weighted by molar-refractivity contribution is 6.31. The van der Waals surface area contributed by atoms with Gasteiger partial charge in [-0.3, -0.25) is 4.68 Å². The van der Waals surface area contributed by atoms with E-state index in [9.17, 15) is 0 Å². The standard InChI is InChI=1S/C15H28ClN3/c1-5-8-12(4)14(17-9-6-2)15-13(16)11-18-19(15)10-7-3/h11-12,14,17H,5-10H2,1-4H3. The normalized spacial score (nSPS) is 14.6. The molecular formula is C15H28ClN3. The zero-order valence-electron chi connectivity index (χ0n) is 12.7. The van der Waals surface area contributed by atoms with Gasteiger partial charge in [0.05, 0.1) is 23.0 Å². The maximum absolute atomic E-state index is 6.38. The molecule has 0 aliphatic rings. The third-order valence-corrected chi connectivity index (χ3v) is 3.78. The number of rotatable bonds is 9. The van der Waals surface area contributed by atoms with Crippen LogP contribution >= 0.6 is 11.6 Å². The third-order valence-electron chi connectivity index (χ3n) is 3.49. The van der Waals surface area contributed by atoms with E-state index in [1.807, 2.05) is 0 Å². The third kappa shape index (κ3) is 4.50. The van der Waals surface area contributed by atoms with E-state index in [4.69, 9.17) is 11.6 Å². The molecule has 0 spiro atoms. The van der Waals surface area contributed by atoms with Crippen LogP contribution in [0.1, 0.15) is 65.1 Å². The summed E-state index contributed by atoms with van der Waals surface area (Å²) in [5.41, 5.74) is 1.16. The number of halogens is 1. The number of nitrogens with one attached hydrogen (secondary N) is 1. The predicted octanol–water partition coefficient (Wildman–Crippen LogP) is 4.42. The van der Waals surface area contributed by atoms with Gasteiger partial charge in [0.15, 0.2) is 0 Å². The summed E-state index contributed by atoms with van der Waals surface area (Å²) in [5.74, 6) is 0.571. The van der Waals surface area contributed by atoms with E-state index < -0.39 is 0 Å². The van der Waals surface area contributed by atoms with Gasteiger partial charge >= 0.3 is 0 Å². The van der Waals surface area contributed by atoms with Crippen molar-refractivity contribution < 1.29 is 0 Å². The highest BCUT2D eigenvalue weighted by Gasteiger charge is 2.24. The van der Waals surface area contributed by atoms with Crippen LogP contribution in [0.25, 0.3) is 0 Å². The van der Waals surface area contributed by atoms with E-state index >= 15 is 0 Å². The quantitative estimate of drug-likeness (QED) is 0.728. The molecule has 0 radical (unpaired) electrons. The van der Waals surface area contributed by atoms with Crippen molar-refractivity contribution >= 4 is 11.6 Å². The lowest BCUT2D eigenvalue weighted by Crippen LogP contribution is -2.30. The molecule has 1 rings (SSSR count). The second kappa shape index (κ2) is 8.60. The molecule has 0 fully saturated rings. The fraction of sp³-hybridized carbons (Fsp3) is 0.800. The van der Waals surface area contributed by atoms with Crippen LogP contribution in [0.3, 0.4) is 0 Å². The van der Waals surface area contributed by atoms with Gasteiger partial charge in [0.25, 0.3) is 0 Å². The summed E-state index contributed by atoms with van der Waals surface area (Å²) in [6.07, 6.45) is 6.40. The molecule has 1 heterocycles.